The summed E-state index contributed by atoms with van der Waals surface area (Å²) in [7, 11) is 0. The van der Waals surface area contributed by atoms with Gasteiger partial charge in [-0.3, -0.25) is 0 Å². The third kappa shape index (κ3) is 4.17. The molecule has 0 aromatic heterocycles. The van der Waals surface area contributed by atoms with E-state index >= 15 is 0 Å². The highest BCUT2D eigenvalue weighted by Gasteiger charge is 2.31. The molecule has 0 fully saturated rings. The monoisotopic (exact) mass is 480 g/mol. The van der Waals surface area contributed by atoms with Gasteiger partial charge in [0.25, 0.3) is 0 Å². The molecule has 2 aromatic rings. The summed E-state index contributed by atoms with van der Waals surface area (Å²) in [4.78, 5) is 0. The van der Waals surface area contributed by atoms with E-state index in [9.17, 15) is 10.2 Å². The fourth-order valence-electron chi connectivity index (χ4n) is 4.34. The van der Waals surface area contributed by atoms with Crippen molar-refractivity contribution in [2.45, 2.75) is 41.5 Å². The minimum absolute atomic E-state index is 0.0665. The number of aliphatic hydroxyl groups excluding tert-OH is 2. The minimum atomic E-state index is -0.191. The Morgan fingerprint density at radius 2 is 0.944 bits per heavy atom. The molecule has 0 unspecified atom stereocenters. The number of hydrogen-bond donors (Lipinski definition) is 2. The van der Waals surface area contributed by atoms with Crippen molar-refractivity contribution in [2.24, 2.45) is 10.8 Å². The van der Waals surface area contributed by atoms with Crippen LogP contribution < -0.4 is 9.47 Å². The van der Waals surface area contributed by atoms with Gasteiger partial charge in [0.05, 0.1) is 11.1 Å². The highest BCUT2D eigenvalue weighted by molar-refractivity contribution is 5.87. The quantitative estimate of drug-likeness (QED) is 0.453. The highest BCUT2D eigenvalue weighted by Crippen LogP contribution is 2.45. The van der Waals surface area contributed by atoms with Crippen molar-refractivity contribution in [3.63, 3.8) is 0 Å². The van der Waals surface area contributed by atoms with Crippen molar-refractivity contribution in [3.8, 4) is 11.5 Å². The van der Waals surface area contributed by atoms with Gasteiger partial charge < -0.3 is 19.7 Å². The number of ether oxygens (including phenoxy) is 2. The van der Waals surface area contributed by atoms with Crippen LogP contribution >= 0.6 is 0 Å². The summed E-state index contributed by atoms with van der Waals surface area (Å²) >= 11 is 0. The molecule has 36 heavy (non-hydrogen) atoms. The summed E-state index contributed by atoms with van der Waals surface area (Å²) in [6, 6.07) is 15.6. The molecule has 0 atom stereocenters. The van der Waals surface area contributed by atoms with E-state index in [4.69, 9.17) is 9.47 Å². The van der Waals surface area contributed by atoms with Crippen LogP contribution in [0, 0.1) is 10.8 Å². The van der Waals surface area contributed by atoms with E-state index in [0.717, 1.165) is 45.3 Å². The molecule has 0 amide bonds. The van der Waals surface area contributed by atoms with Gasteiger partial charge in [-0.1, -0.05) is 77.9 Å². The fraction of sp³-hybridized carbons (Fsp3) is 0.250. The highest BCUT2D eigenvalue weighted by atomic mass is 16.5. The summed E-state index contributed by atoms with van der Waals surface area (Å²) in [5.74, 6) is 3.32. The molecule has 0 saturated heterocycles. The molecule has 2 heterocycles. The van der Waals surface area contributed by atoms with Crippen LogP contribution in [0.2, 0.25) is 0 Å². The van der Waals surface area contributed by atoms with E-state index in [0.29, 0.717) is 11.1 Å². The molecule has 184 valence electrons. The van der Waals surface area contributed by atoms with Gasteiger partial charge in [-0.15, -0.1) is 0 Å². The fourth-order valence-corrected chi connectivity index (χ4v) is 4.34. The topological polar surface area (TPSA) is 58.9 Å². The Kier molecular flexibility index (Phi) is 5.51. The molecule has 0 bridgehead atoms. The number of hydrogen-bond acceptors (Lipinski definition) is 4. The molecule has 0 saturated carbocycles. The number of fused-ring (bicyclic) bond motifs is 2. The molecule has 0 spiro atoms. The van der Waals surface area contributed by atoms with Crippen molar-refractivity contribution in [1.29, 1.82) is 0 Å². The molecular weight excluding hydrogens is 448 g/mol. The summed E-state index contributed by atoms with van der Waals surface area (Å²) in [5, 5.41) is 22.0. The Morgan fingerprint density at radius 1 is 0.583 bits per heavy atom. The smallest absolute Gasteiger partial charge is 0.137 e. The minimum Gasteiger partial charge on any atom is -0.506 e. The maximum atomic E-state index is 11.0. The average molecular weight is 481 g/mol. The molecule has 1 aliphatic carbocycles. The van der Waals surface area contributed by atoms with Crippen LogP contribution in [0.5, 0.6) is 11.5 Å². The molecule has 0 radical (unpaired) electrons. The lowest BCUT2D eigenvalue weighted by atomic mass is 9.85. The largest absolute Gasteiger partial charge is 0.506 e. The lowest BCUT2D eigenvalue weighted by Gasteiger charge is -2.30. The van der Waals surface area contributed by atoms with Crippen LogP contribution in [-0.2, 0) is 0 Å². The molecule has 2 aliphatic heterocycles. The first-order valence-corrected chi connectivity index (χ1v) is 12.2. The van der Waals surface area contributed by atoms with Crippen molar-refractivity contribution in [3.05, 3.63) is 118 Å². The number of rotatable bonds is 2. The van der Waals surface area contributed by atoms with Crippen LogP contribution in [-0.4, -0.2) is 10.2 Å². The van der Waals surface area contributed by atoms with Crippen LogP contribution in [0.15, 0.2) is 107 Å². The lowest BCUT2D eigenvalue weighted by molar-refractivity contribution is 0.290. The van der Waals surface area contributed by atoms with Gasteiger partial charge in [0.2, 0.25) is 0 Å². The SMILES string of the molecule is CC(C)(C)C1=C/C(=C\C2=C(O)C(/C=C3\C=C(C(C)(C)C)Oc4ccccc43)=C2O)c2ccccc2O1. The summed E-state index contributed by atoms with van der Waals surface area (Å²) in [5.41, 5.74) is 4.05. The van der Waals surface area contributed by atoms with Crippen molar-refractivity contribution < 1.29 is 19.7 Å². The lowest BCUT2D eigenvalue weighted by Crippen LogP contribution is -2.19. The molecule has 3 aliphatic rings. The normalized spacial score (nSPS) is 19.7. The maximum Gasteiger partial charge on any atom is 0.137 e. The second-order valence-electron chi connectivity index (χ2n) is 11.4. The van der Waals surface area contributed by atoms with E-state index in [1.165, 1.54) is 0 Å². The zero-order chi connectivity index (χ0) is 25.8. The Morgan fingerprint density at radius 3 is 1.31 bits per heavy atom. The van der Waals surface area contributed by atoms with Gasteiger partial charge in [-0.25, -0.2) is 0 Å². The second kappa shape index (κ2) is 8.34. The van der Waals surface area contributed by atoms with E-state index < -0.39 is 0 Å². The van der Waals surface area contributed by atoms with Crippen LogP contribution in [0.3, 0.4) is 0 Å². The number of allylic oxidation sites excluding steroid dienone is 8. The zero-order valence-electron chi connectivity index (χ0n) is 21.6. The first kappa shape index (κ1) is 23.8. The Hall–Kier alpha value is -3.92. The van der Waals surface area contributed by atoms with Gasteiger partial charge in [-0.05, 0) is 47.6 Å². The van der Waals surface area contributed by atoms with Gasteiger partial charge in [0, 0.05) is 22.0 Å². The Labute approximate surface area is 212 Å². The van der Waals surface area contributed by atoms with Gasteiger partial charge in [0.1, 0.15) is 34.5 Å². The third-order valence-electron chi connectivity index (χ3n) is 6.51. The van der Waals surface area contributed by atoms with Crippen molar-refractivity contribution in [2.75, 3.05) is 0 Å². The zero-order valence-corrected chi connectivity index (χ0v) is 21.6. The Balaban J connectivity index is 1.55. The van der Waals surface area contributed by atoms with Gasteiger partial charge in [0.15, 0.2) is 0 Å². The van der Waals surface area contributed by atoms with Crippen LogP contribution in [0.1, 0.15) is 52.7 Å². The average Bonchev–Trinajstić information content (AvgIpc) is 2.84. The summed E-state index contributed by atoms with van der Waals surface area (Å²) < 4.78 is 12.3. The standard InChI is InChI=1S/C32H32O4/c1-31(2,3)27-17-19(21-11-7-9-13-25(21)35-27)15-23-29(33)24(30(23)34)16-20-18-28(32(4,5)6)36-26-14-10-8-12-22(20)26/h7-18,33-34H,1-6H3/b19-15+,20-16+. The van der Waals surface area contributed by atoms with Crippen molar-refractivity contribution in [1.82, 2.24) is 0 Å². The third-order valence-corrected chi connectivity index (χ3v) is 6.51. The first-order valence-electron chi connectivity index (χ1n) is 12.2. The summed E-state index contributed by atoms with van der Waals surface area (Å²) in [6.07, 6.45) is 7.63. The second-order valence-corrected chi connectivity index (χ2v) is 11.4. The predicted molar refractivity (Wildman–Crippen MR) is 144 cm³/mol. The number of para-hydroxylation sites is 2. The van der Waals surface area contributed by atoms with Crippen LogP contribution in [0.25, 0.3) is 11.1 Å². The van der Waals surface area contributed by atoms with Crippen molar-refractivity contribution >= 4 is 11.1 Å². The molecule has 5 rings (SSSR count). The summed E-state index contributed by atoms with van der Waals surface area (Å²) in [6.45, 7) is 12.6. The number of aliphatic hydroxyl groups is 2. The maximum absolute atomic E-state index is 11.0. The van der Waals surface area contributed by atoms with E-state index in [2.05, 4.69) is 41.5 Å². The molecule has 2 aromatic carbocycles. The van der Waals surface area contributed by atoms with Gasteiger partial charge in [-0.2, -0.15) is 0 Å². The molecule has 4 nitrogen and oxygen atoms in total. The van der Waals surface area contributed by atoms with E-state index in [1.807, 2.05) is 72.8 Å². The van der Waals surface area contributed by atoms with E-state index in [1.54, 1.807) is 0 Å². The Bertz CT molecular complexity index is 1320. The predicted octanol–water partition coefficient (Wildman–Crippen LogP) is 8.44. The molecule has 2 N–H and O–H groups in total. The van der Waals surface area contributed by atoms with Crippen LogP contribution in [0.4, 0.5) is 0 Å². The first-order chi connectivity index (χ1) is 16.9. The van der Waals surface area contributed by atoms with Gasteiger partial charge >= 0.3 is 0 Å². The van der Waals surface area contributed by atoms with E-state index in [-0.39, 0.29) is 22.3 Å². The molecular formula is C32H32O4. The number of benzene rings is 2. The molecule has 4 heteroatoms.